The van der Waals surface area contributed by atoms with Gasteiger partial charge in [-0.3, -0.25) is 19.9 Å². The van der Waals surface area contributed by atoms with Crippen molar-refractivity contribution in [3.8, 4) is 5.75 Å². The highest BCUT2D eigenvalue weighted by molar-refractivity contribution is 6.08. The Morgan fingerprint density at radius 1 is 1.24 bits per heavy atom. The molecule has 0 bridgehead atoms. The average Bonchev–Trinajstić information content (AvgIpc) is 2.95. The summed E-state index contributed by atoms with van der Waals surface area (Å²) in [5.74, 6) is 0.109. The molecule has 1 atom stereocenters. The van der Waals surface area contributed by atoms with Crippen LogP contribution in [0.1, 0.15) is 57.1 Å². The van der Waals surface area contributed by atoms with E-state index < -0.39 is 11.6 Å². The Labute approximate surface area is 171 Å². The van der Waals surface area contributed by atoms with Crippen LogP contribution in [0.3, 0.4) is 0 Å². The molecule has 1 unspecified atom stereocenters. The first-order valence-electron chi connectivity index (χ1n) is 10.2. The van der Waals surface area contributed by atoms with Crippen molar-refractivity contribution >= 4 is 17.8 Å². The highest BCUT2D eigenvalue weighted by Crippen LogP contribution is 2.33. The Kier molecular flexibility index (Phi) is 6.42. The minimum absolute atomic E-state index is 0.107. The van der Waals surface area contributed by atoms with E-state index in [0.717, 1.165) is 35.6 Å². The van der Waals surface area contributed by atoms with Gasteiger partial charge in [0.25, 0.3) is 5.91 Å². The number of carbonyl (C=O) groups excluding carboxylic acids is 3. The first-order valence-corrected chi connectivity index (χ1v) is 10.2. The summed E-state index contributed by atoms with van der Waals surface area (Å²) in [7, 11) is 3.57. The molecule has 1 spiro atoms. The van der Waals surface area contributed by atoms with Crippen molar-refractivity contribution in [1.29, 1.82) is 0 Å². The van der Waals surface area contributed by atoms with Crippen LogP contribution < -0.4 is 15.5 Å². The van der Waals surface area contributed by atoms with E-state index in [-0.39, 0.29) is 24.3 Å². The molecular formula is C21H30N4O4. The van der Waals surface area contributed by atoms with Crippen LogP contribution in [0.4, 0.5) is 4.79 Å². The maximum atomic E-state index is 12.7. The second-order valence-electron chi connectivity index (χ2n) is 7.93. The van der Waals surface area contributed by atoms with E-state index in [1.165, 1.54) is 0 Å². The number of hydrogen-bond acceptors (Lipinski definition) is 5. The molecule has 8 heteroatoms. The van der Waals surface area contributed by atoms with Crippen LogP contribution in [0.2, 0.25) is 0 Å². The SMILES string of the molecule is COc1ccc(C(C)N(C)CCC(=O)NN2C(=O)NC3(CCCCC3)C2=O)cc1. The van der Waals surface area contributed by atoms with Gasteiger partial charge in [-0.25, -0.2) is 4.79 Å². The number of nitrogens with one attached hydrogen (secondary N) is 2. The van der Waals surface area contributed by atoms with Crippen LogP contribution in [-0.2, 0) is 9.59 Å². The molecule has 1 aliphatic heterocycles. The van der Waals surface area contributed by atoms with Crippen LogP contribution in [0.5, 0.6) is 5.75 Å². The lowest BCUT2D eigenvalue weighted by Crippen LogP contribution is -2.51. The van der Waals surface area contributed by atoms with Gasteiger partial charge in [0, 0.05) is 19.0 Å². The number of hydrogen-bond donors (Lipinski definition) is 2. The van der Waals surface area contributed by atoms with Crippen LogP contribution in [0.25, 0.3) is 0 Å². The number of urea groups is 1. The average molecular weight is 402 g/mol. The van der Waals surface area contributed by atoms with Crippen molar-refractivity contribution < 1.29 is 19.1 Å². The van der Waals surface area contributed by atoms with Crippen LogP contribution in [0.15, 0.2) is 24.3 Å². The fourth-order valence-electron chi connectivity index (χ4n) is 4.01. The van der Waals surface area contributed by atoms with E-state index in [9.17, 15) is 14.4 Å². The van der Waals surface area contributed by atoms with E-state index in [1.54, 1.807) is 7.11 Å². The molecule has 1 heterocycles. The molecule has 158 valence electrons. The second kappa shape index (κ2) is 8.82. The van der Waals surface area contributed by atoms with Gasteiger partial charge in [-0.2, -0.15) is 5.01 Å². The number of carbonyl (C=O) groups is 3. The van der Waals surface area contributed by atoms with Gasteiger partial charge in [0.05, 0.1) is 7.11 Å². The Bertz CT molecular complexity index is 758. The summed E-state index contributed by atoms with van der Waals surface area (Å²) in [6, 6.07) is 7.38. The minimum Gasteiger partial charge on any atom is -0.497 e. The summed E-state index contributed by atoms with van der Waals surface area (Å²) >= 11 is 0. The van der Waals surface area contributed by atoms with Crippen molar-refractivity contribution in [1.82, 2.24) is 20.7 Å². The minimum atomic E-state index is -0.831. The van der Waals surface area contributed by atoms with Crippen molar-refractivity contribution in [2.75, 3.05) is 20.7 Å². The molecule has 1 aromatic rings. The van der Waals surface area contributed by atoms with Gasteiger partial charge < -0.3 is 10.1 Å². The predicted octanol–water partition coefficient (Wildman–Crippen LogP) is 2.36. The zero-order chi connectivity index (χ0) is 21.0. The summed E-state index contributed by atoms with van der Waals surface area (Å²) < 4.78 is 5.18. The highest BCUT2D eigenvalue weighted by Gasteiger charge is 2.52. The molecule has 3 rings (SSSR count). The van der Waals surface area contributed by atoms with Crippen LogP contribution in [0, 0.1) is 0 Å². The lowest BCUT2D eigenvalue weighted by molar-refractivity contribution is -0.140. The molecule has 4 amide bonds. The second-order valence-corrected chi connectivity index (χ2v) is 7.93. The number of hydrazine groups is 1. The molecule has 8 nitrogen and oxygen atoms in total. The number of methoxy groups -OCH3 is 1. The van der Waals surface area contributed by atoms with Gasteiger partial charge in [0.15, 0.2) is 0 Å². The Hall–Kier alpha value is -2.61. The first kappa shape index (κ1) is 21.1. The number of ether oxygens (including phenoxy) is 1. The summed E-state index contributed by atoms with van der Waals surface area (Å²) in [5.41, 5.74) is 2.77. The van der Waals surface area contributed by atoms with E-state index in [4.69, 9.17) is 4.74 Å². The number of benzene rings is 1. The Morgan fingerprint density at radius 3 is 2.52 bits per heavy atom. The van der Waals surface area contributed by atoms with Gasteiger partial charge in [-0.05, 0) is 44.5 Å². The monoisotopic (exact) mass is 402 g/mol. The molecule has 0 aromatic heterocycles. The topological polar surface area (TPSA) is 91.0 Å². The number of rotatable bonds is 7. The number of nitrogens with zero attached hydrogens (tertiary/aromatic N) is 2. The van der Waals surface area contributed by atoms with Gasteiger partial charge in [0.1, 0.15) is 11.3 Å². The zero-order valence-electron chi connectivity index (χ0n) is 17.4. The number of amides is 4. The molecule has 1 aliphatic carbocycles. The molecule has 1 saturated heterocycles. The zero-order valence-corrected chi connectivity index (χ0v) is 17.4. The van der Waals surface area contributed by atoms with Crippen LogP contribution in [-0.4, -0.2) is 54.0 Å². The Balaban J connectivity index is 1.51. The lowest BCUT2D eigenvalue weighted by atomic mass is 9.82. The normalized spacial score (nSPS) is 19.4. The van der Waals surface area contributed by atoms with E-state index in [0.29, 0.717) is 19.4 Å². The molecule has 2 N–H and O–H groups in total. The number of imide groups is 1. The third-order valence-corrected chi connectivity index (χ3v) is 6.06. The first-order chi connectivity index (χ1) is 13.9. The maximum Gasteiger partial charge on any atom is 0.344 e. The fourth-order valence-corrected chi connectivity index (χ4v) is 4.01. The standard InChI is InChI=1S/C21H30N4O4/c1-15(16-7-9-17(29-3)10-8-16)24(2)14-11-18(26)23-25-19(27)21(22-20(25)28)12-5-4-6-13-21/h7-10,15H,4-6,11-14H2,1-3H3,(H,22,28)(H,23,26). The van der Waals surface area contributed by atoms with Gasteiger partial charge in [-0.15, -0.1) is 0 Å². The van der Waals surface area contributed by atoms with E-state index >= 15 is 0 Å². The van der Waals surface area contributed by atoms with E-state index in [1.807, 2.05) is 31.3 Å². The molecule has 1 aromatic carbocycles. The molecule has 1 saturated carbocycles. The Morgan fingerprint density at radius 2 is 1.90 bits per heavy atom. The van der Waals surface area contributed by atoms with Crippen molar-refractivity contribution in [2.45, 2.75) is 57.0 Å². The summed E-state index contributed by atoms with van der Waals surface area (Å²) in [6.07, 6.45) is 4.32. The third kappa shape index (κ3) is 4.53. The van der Waals surface area contributed by atoms with Gasteiger partial charge in [-0.1, -0.05) is 31.4 Å². The fraction of sp³-hybridized carbons (Fsp3) is 0.571. The largest absolute Gasteiger partial charge is 0.497 e. The molecule has 29 heavy (non-hydrogen) atoms. The predicted molar refractivity (Wildman–Crippen MR) is 108 cm³/mol. The quantitative estimate of drug-likeness (QED) is 0.684. The smallest absolute Gasteiger partial charge is 0.344 e. The summed E-state index contributed by atoms with van der Waals surface area (Å²) in [4.78, 5) is 39.4. The third-order valence-electron chi connectivity index (χ3n) is 6.06. The van der Waals surface area contributed by atoms with Crippen molar-refractivity contribution in [2.24, 2.45) is 0 Å². The molecular weight excluding hydrogens is 372 g/mol. The van der Waals surface area contributed by atoms with E-state index in [2.05, 4.69) is 22.6 Å². The van der Waals surface area contributed by atoms with Crippen molar-refractivity contribution in [3.05, 3.63) is 29.8 Å². The summed E-state index contributed by atoms with van der Waals surface area (Å²) in [5, 5.41) is 3.65. The van der Waals surface area contributed by atoms with Gasteiger partial charge in [0.2, 0.25) is 5.91 Å². The highest BCUT2D eigenvalue weighted by atomic mass is 16.5. The van der Waals surface area contributed by atoms with Gasteiger partial charge >= 0.3 is 6.03 Å². The maximum absolute atomic E-state index is 12.7. The molecule has 2 fully saturated rings. The summed E-state index contributed by atoms with van der Waals surface area (Å²) in [6.45, 7) is 2.55. The van der Waals surface area contributed by atoms with Crippen molar-refractivity contribution in [3.63, 3.8) is 0 Å². The molecule has 2 aliphatic rings. The van der Waals surface area contributed by atoms with Crippen LogP contribution >= 0.6 is 0 Å². The lowest BCUT2D eigenvalue weighted by Gasteiger charge is -2.30. The molecule has 0 radical (unpaired) electrons.